The molecule has 0 bridgehead atoms. The monoisotopic (exact) mass is 223 g/mol. The number of benzene rings is 1. The molecule has 1 fully saturated rings. The third-order valence-corrected chi connectivity index (χ3v) is 3.05. The van der Waals surface area contributed by atoms with Crippen LogP contribution in [0.4, 0.5) is 4.39 Å². The van der Waals surface area contributed by atoms with E-state index in [0.29, 0.717) is 23.8 Å². The molecule has 0 amide bonds. The number of halogens is 1. The molecule has 88 valence electrons. The van der Waals surface area contributed by atoms with Gasteiger partial charge in [0.15, 0.2) is 0 Å². The second-order valence-corrected chi connectivity index (χ2v) is 4.42. The van der Waals surface area contributed by atoms with E-state index in [2.05, 4.69) is 5.32 Å². The molecule has 1 aromatic carbocycles. The molecule has 0 spiro atoms. The van der Waals surface area contributed by atoms with E-state index in [4.69, 9.17) is 4.74 Å². The highest BCUT2D eigenvalue weighted by atomic mass is 19.1. The van der Waals surface area contributed by atoms with Crippen LogP contribution in [-0.4, -0.2) is 13.7 Å². The molecule has 0 aliphatic heterocycles. The standard InChI is InChI=1S/C13H18FNO/c1-9(15-2)13-11(14)4-3-5-12(13)16-8-10-6-7-10/h3-5,9-10,15H,6-8H2,1-2H3. The molecule has 1 aliphatic rings. The van der Waals surface area contributed by atoms with Gasteiger partial charge in [0.05, 0.1) is 6.61 Å². The molecule has 1 atom stereocenters. The summed E-state index contributed by atoms with van der Waals surface area (Å²) < 4.78 is 19.4. The molecule has 1 aromatic rings. The fourth-order valence-corrected chi connectivity index (χ4v) is 1.70. The summed E-state index contributed by atoms with van der Waals surface area (Å²) in [4.78, 5) is 0. The number of rotatable bonds is 5. The first kappa shape index (κ1) is 11.4. The SMILES string of the molecule is CNC(C)c1c(F)cccc1OCC1CC1. The lowest BCUT2D eigenvalue weighted by molar-refractivity contribution is 0.292. The van der Waals surface area contributed by atoms with E-state index < -0.39 is 0 Å². The van der Waals surface area contributed by atoms with Crippen molar-refractivity contribution in [3.05, 3.63) is 29.6 Å². The molecule has 0 heterocycles. The van der Waals surface area contributed by atoms with Crippen LogP contribution in [0, 0.1) is 11.7 Å². The van der Waals surface area contributed by atoms with Crippen molar-refractivity contribution in [1.82, 2.24) is 5.32 Å². The Balaban J connectivity index is 2.16. The van der Waals surface area contributed by atoms with Gasteiger partial charge in [-0.2, -0.15) is 0 Å². The fraction of sp³-hybridized carbons (Fsp3) is 0.538. The van der Waals surface area contributed by atoms with Crippen molar-refractivity contribution in [2.45, 2.75) is 25.8 Å². The van der Waals surface area contributed by atoms with E-state index >= 15 is 0 Å². The first-order valence-corrected chi connectivity index (χ1v) is 5.81. The summed E-state index contributed by atoms with van der Waals surface area (Å²) in [6.45, 7) is 2.65. The smallest absolute Gasteiger partial charge is 0.131 e. The van der Waals surface area contributed by atoms with Gasteiger partial charge in [-0.15, -0.1) is 0 Å². The average molecular weight is 223 g/mol. The lowest BCUT2D eigenvalue weighted by atomic mass is 10.1. The van der Waals surface area contributed by atoms with E-state index in [-0.39, 0.29) is 11.9 Å². The molecule has 2 nitrogen and oxygen atoms in total. The summed E-state index contributed by atoms with van der Waals surface area (Å²) >= 11 is 0. The van der Waals surface area contributed by atoms with E-state index in [1.165, 1.54) is 18.9 Å². The van der Waals surface area contributed by atoms with E-state index in [1.54, 1.807) is 6.07 Å². The zero-order valence-electron chi connectivity index (χ0n) is 9.79. The summed E-state index contributed by atoms with van der Waals surface area (Å²) in [5.74, 6) is 1.16. The van der Waals surface area contributed by atoms with Crippen LogP contribution in [0.25, 0.3) is 0 Å². The highest BCUT2D eigenvalue weighted by molar-refractivity contribution is 5.37. The van der Waals surface area contributed by atoms with Crippen LogP contribution < -0.4 is 10.1 Å². The third kappa shape index (κ3) is 2.53. The quantitative estimate of drug-likeness (QED) is 0.828. The van der Waals surface area contributed by atoms with Crippen LogP contribution in [0.1, 0.15) is 31.4 Å². The van der Waals surface area contributed by atoms with Crippen LogP contribution >= 0.6 is 0 Å². The molecule has 1 N–H and O–H groups in total. The Bertz CT molecular complexity index is 363. The van der Waals surface area contributed by atoms with Crippen molar-refractivity contribution < 1.29 is 9.13 Å². The number of nitrogens with one attached hydrogen (secondary N) is 1. The third-order valence-electron chi connectivity index (χ3n) is 3.05. The summed E-state index contributed by atoms with van der Waals surface area (Å²) in [5.41, 5.74) is 0.630. The predicted molar refractivity (Wildman–Crippen MR) is 62.1 cm³/mol. The van der Waals surface area contributed by atoms with Crippen molar-refractivity contribution >= 4 is 0 Å². The number of hydrogen-bond acceptors (Lipinski definition) is 2. The number of hydrogen-bond donors (Lipinski definition) is 1. The average Bonchev–Trinajstić information content (AvgIpc) is 3.09. The van der Waals surface area contributed by atoms with Crippen molar-refractivity contribution in [2.24, 2.45) is 5.92 Å². The zero-order valence-corrected chi connectivity index (χ0v) is 9.79. The minimum Gasteiger partial charge on any atom is -0.493 e. The van der Waals surface area contributed by atoms with E-state index in [1.807, 2.05) is 20.0 Å². The minimum absolute atomic E-state index is 0.0320. The molecule has 1 unspecified atom stereocenters. The Morgan fingerprint density at radius 1 is 1.50 bits per heavy atom. The minimum atomic E-state index is -0.199. The summed E-state index contributed by atoms with van der Waals surface area (Å²) in [6, 6.07) is 4.99. The Labute approximate surface area is 95.8 Å². The maximum Gasteiger partial charge on any atom is 0.131 e. The lowest BCUT2D eigenvalue weighted by Crippen LogP contribution is -2.16. The fourth-order valence-electron chi connectivity index (χ4n) is 1.70. The van der Waals surface area contributed by atoms with Crippen molar-refractivity contribution in [1.29, 1.82) is 0 Å². The summed E-state index contributed by atoms with van der Waals surface area (Å²) in [5, 5.41) is 3.05. The van der Waals surface area contributed by atoms with Crippen LogP contribution in [0.15, 0.2) is 18.2 Å². The van der Waals surface area contributed by atoms with Gasteiger partial charge in [-0.3, -0.25) is 0 Å². The lowest BCUT2D eigenvalue weighted by Gasteiger charge is -2.17. The highest BCUT2D eigenvalue weighted by Crippen LogP contribution is 2.32. The molecular weight excluding hydrogens is 205 g/mol. The van der Waals surface area contributed by atoms with Gasteiger partial charge in [0.25, 0.3) is 0 Å². The summed E-state index contributed by atoms with van der Waals surface area (Å²) in [6.07, 6.45) is 2.48. The molecule has 2 rings (SSSR count). The molecule has 3 heteroatoms. The van der Waals surface area contributed by atoms with Gasteiger partial charge in [0, 0.05) is 11.6 Å². The Kier molecular flexibility index (Phi) is 3.44. The summed E-state index contributed by atoms with van der Waals surface area (Å²) in [7, 11) is 1.82. The molecule has 0 radical (unpaired) electrons. The Hall–Kier alpha value is -1.09. The molecule has 0 aromatic heterocycles. The van der Waals surface area contributed by atoms with Crippen molar-refractivity contribution in [3.63, 3.8) is 0 Å². The van der Waals surface area contributed by atoms with Crippen LogP contribution in [0.3, 0.4) is 0 Å². The first-order valence-electron chi connectivity index (χ1n) is 5.81. The first-order chi connectivity index (χ1) is 7.72. The molecule has 16 heavy (non-hydrogen) atoms. The largest absolute Gasteiger partial charge is 0.493 e. The van der Waals surface area contributed by atoms with Gasteiger partial charge in [0.2, 0.25) is 0 Å². The Morgan fingerprint density at radius 2 is 2.25 bits per heavy atom. The predicted octanol–water partition coefficient (Wildman–Crippen LogP) is 2.89. The van der Waals surface area contributed by atoms with Crippen LogP contribution in [-0.2, 0) is 0 Å². The normalized spacial score (nSPS) is 17.2. The zero-order chi connectivity index (χ0) is 11.5. The van der Waals surface area contributed by atoms with Gasteiger partial charge >= 0.3 is 0 Å². The molecule has 1 saturated carbocycles. The maximum atomic E-state index is 13.7. The van der Waals surface area contributed by atoms with Crippen LogP contribution in [0.2, 0.25) is 0 Å². The van der Waals surface area contributed by atoms with Crippen LogP contribution in [0.5, 0.6) is 5.75 Å². The molecular formula is C13H18FNO. The van der Waals surface area contributed by atoms with E-state index in [0.717, 1.165) is 0 Å². The molecule has 1 aliphatic carbocycles. The second-order valence-electron chi connectivity index (χ2n) is 4.42. The topological polar surface area (TPSA) is 21.3 Å². The van der Waals surface area contributed by atoms with Gasteiger partial charge in [-0.1, -0.05) is 6.07 Å². The Morgan fingerprint density at radius 3 is 2.88 bits per heavy atom. The number of ether oxygens (including phenoxy) is 1. The van der Waals surface area contributed by atoms with Gasteiger partial charge in [-0.25, -0.2) is 4.39 Å². The van der Waals surface area contributed by atoms with Crippen molar-refractivity contribution in [3.8, 4) is 5.75 Å². The van der Waals surface area contributed by atoms with Gasteiger partial charge < -0.3 is 10.1 Å². The second kappa shape index (κ2) is 4.83. The van der Waals surface area contributed by atoms with E-state index in [9.17, 15) is 4.39 Å². The van der Waals surface area contributed by atoms with Gasteiger partial charge in [0.1, 0.15) is 11.6 Å². The highest BCUT2D eigenvalue weighted by Gasteiger charge is 2.23. The molecule has 0 saturated heterocycles. The van der Waals surface area contributed by atoms with Gasteiger partial charge in [-0.05, 0) is 44.9 Å². The maximum absolute atomic E-state index is 13.7. The van der Waals surface area contributed by atoms with Crippen molar-refractivity contribution in [2.75, 3.05) is 13.7 Å².